The van der Waals surface area contributed by atoms with Crippen LogP contribution in [-0.2, 0) is 6.54 Å². The van der Waals surface area contributed by atoms with Gasteiger partial charge in [-0.3, -0.25) is 0 Å². The van der Waals surface area contributed by atoms with Crippen molar-refractivity contribution in [3.05, 3.63) is 57.8 Å². The average Bonchev–Trinajstić information content (AvgIpc) is 2.82. The molecular formula is C13H13F2NOS. The SMILES string of the molecule is OC(CNCc1ccsc1)c1c(F)cccc1F. The van der Waals surface area contributed by atoms with Gasteiger partial charge in [0.25, 0.3) is 0 Å². The fourth-order valence-electron chi connectivity index (χ4n) is 1.68. The maximum atomic E-state index is 13.4. The van der Waals surface area contributed by atoms with E-state index in [1.54, 1.807) is 11.3 Å². The second-order valence-corrected chi connectivity index (χ2v) is 4.69. The molecule has 1 aromatic heterocycles. The van der Waals surface area contributed by atoms with Gasteiger partial charge in [-0.05, 0) is 34.5 Å². The van der Waals surface area contributed by atoms with Gasteiger partial charge in [0, 0.05) is 13.1 Å². The molecule has 1 aromatic carbocycles. The van der Waals surface area contributed by atoms with Crippen molar-refractivity contribution < 1.29 is 13.9 Å². The van der Waals surface area contributed by atoms with Gasteiger partial charge in [-0.25, -0.2) is 8.78 Å². The van der Waals surface area contributed by atoms with Crippen molar-refractivity contribution in [1.82, 2.24) is 5.32 Å². The molecule has 1 atom stereocenters. The van der Waals surface area contributed by atoms with E-state index in [2.05, 4.69) is 5.32 Å². The lowest BCUT2D eigenvalue weighted by molar-refractivity contribution is 0.164. The molecule has 2 aromatic rings. The predicted molar refractivity (Wildman–Crippen MR) is 67.3 cm³/mol. The Morgan fingerprint density at radius 1 is 1.22 bits per heavy atom. The Kier molecular flexibility index (Phi) is 4.41. The summed E-state index contributed by atoms with van der Waals surface area (Å²) in [5.41, 5.74) is 0.802. The number of halogens is 2. The number of hydrogen-bond donors (Lipinski definition) is 2. The summed E-state index contributed by atoms with van der Waals surface area (Å²) in [7, 11) is 0. The van der Waals surface area contributed by atoms with Crippen LogP contribution in [-0.4, -0.2) is 11.7 Å². The number of aliphatic hydroxyl groups is 1. The summed E-state index contributed by atoms with van der Waals surface area (Å²) < 4.78 is 26.8. The van der Waals surface area contributed by atoms with Crippen LogP contribution in [0, 0.1) is 11.6 Å². The molecule has 96 valence electrons. The van der Waals surface area contributed by atoms with Crippen molar-refractivity contribution >= 4 is 11.3 Å². The van der Waals surface area contributed by atoms with Crippen molar-refractivity contribution in [2.75, 3.05) is 6.54 Å². The van der Waals surface area contributed by atoms with E-state index in [9.17, 15) is 13.9 Å². The van der Waals surface area contributed by atoms with Gasteiger partial charge in [0.05, 0.1) is 11.7 Å². The molecule has 0 spiro atoms. The van der Waals surface area contributed by atoms with Crippen LogP contribution in [0.5, 0.6) is 0 Å². The van der Waals surface area contributed by atoms with Crippen molar-refractivity contribution in [3.63, 3.8) is 0 Å². The Labute approximate surface area is 108 Å². The van der Waals surface area contributed by atoms with E-state index in [1.807, 2.05) is 16.8 Å². The normalized spacial score (nSPS) is 12.6. The quantitative estimate of drug-likeness (QED) is 0.875. The van der Waals surface area contributed by atoms with Gasteiger partial charge in [-0.15, -0.1) is 0 Å². The first-order valence-electron chi connectivity index (χ1n) is 5.52. The fraction of sp³-hybridized carbons (Fsp3) is 0.231. The molecule has 2 N–H and O–H groups in total. The summed E-state index contributed by atoms with van der Waals surface area (Å²) in [5, 5.41) is 16.7. The van der Waals surface area contributed by atoms with Gasteiger partial charge in [0.2, 0.25) is 0 Å². The Morgan fingerprint density at radius 2 is 1.94 bits per heavy atom. The minimum Gasteiger partial charge on any atom is -0.387 e. The lowest BCUT2D eigenvalue weighted by Gasteiger charge is -2.13. The molecular weight excluding hydrogens is 256 g/mol. The number of benzene rings is 1. The molecule has 0 radical (unpaired) electrons. The summed E-state index contributed by atoms with van der Waals surface area (Å²) in [5.74, 6) is -1.44. The molecule has 1 unspecified atom stereocenters. The molecule has 0 fully saturated rings. The van der Waals surface area contributed by atoms with Crippen LogP contribution in [0.4, 0.5) is 8.78 Å². The van der Waals surface area contributed by atoms with Gasteiger partial charge >= 0.3 is 0 Å². The van der Waals surface area contributed by atoms with Gasteiger partial charge in [-0.1, -0.05) is 6.07 Å². The van der Waals surface area contributed by atoms with Crippen molar-refractivity contribution in [1.29, 1.82) is 0 Å². The standard InChI is InChI=1S/C13H13F2NOS/c14-10-2-1-3-11(15)13(10)12(17)7-16-6-9-4-5-18-8-9/h1-5,8,12,16-17H,6-7H2. The highest BCUT2D eigenvalue weighted by atomic mass is 32.1. The molecule has 1 heterocycles. The summed E-state index contributed by atoms with van der Waals surface area (Å²) in [6.45, 7) is 0.671. The molecule has 0 aliphatic carbocycles. The second kappa shape index (κ2) is 6.04. The highest BCUT2D eigenvalue weighted by Gasteiger charge is 2.17. The minimum atomic E-state index is -1.19. The largest absolute Gasteiger partial charge is 0.387 e. The summed E-state index contributed by atoms with van der Waals surface area (Å²) >= 11 is 1.58. The number of hydrogen-bond acceptors (Lipinski definition) is 3. The summed E-state index contributed by atoms with van der Waals surface area (Å²) in [6, 6.07) is 5.51. The van der Waals surface area contributed by atoms with Gasteiger partial charge in [-0.2, -0.15) is 11.3 Å². The molecule has 0 saturated heterocycles. The molecule has 18 heavy (non-hydrogen) atoms. The Bertz CT molecular complexity index is 481. The van der Waals surface area contributed by atoms with E-state index in [-0.39, 0.29) is 12.1 Å². The molecule has 0 bridgehead atoms. The zero-order valence-electron chi connectivity index (χ0n) is 9.57. The Morgan fingerprint density at radius 3 is 2.56 bits per heavy atom. The summed E-state index contributed by atoms with van der Waals surface area (Å²) in [6.07, 6.45) is -1.19. The zero-order chi connectivity index (χ0) is 13.0. The van der Waals surface area contributed by atoms with E-state index in [0.717, 1.165) is 17.7 Å². The smallest absolute Gasteiger partial charge is 0.131 e. The highest BCUT2D eigenvalue weighted by molar-refractivity contribution is 7.07. The van der Waals surface area contributed by atoms with Crippen molar-refractivity contribution in [2.24, 2.45) is 0 Å². The third-order valence-corrected chi connectivity index (χ3v) is 3.31. The van der Waals surface area contributed by atoms with Gasteiger partial charge < -0.3 is 10.4 Å². The van der Waals surface area contributed by atoms with Crippen LogP contribution < -0.4 is 5.32 Å². The predicted octanol–water partition coefficient (Wildman–Crippen LogP) is 2.85. The lowest BCUT2D eigenvalue weighted by Crippen LogP contribution is -2.22. The van der Waals surface area contributed by atoms with Crippen LogP contribution in [0.15, 0.2) is 35.0 Å². The van der Waals surface area contributed by atoms with Crippen molar-refractivity contribution in [3.8, 4) is 0 Å². The molecule has 0 amide bonds. The number of thiophene rings is 1. The van der Waals surface area contributed by atoms with Crippen LogP contribution in [0.3, 0.4) is 0 Å². The first-order valence-corrected chi connectivity index (χ1v) is 6.46. The topological polar surface area (TPSA) is 32.3 Å². The maximum absolute atomic E-state index is 13.4. The van der Waals surface area contributed by atoms with Crippen LogP contribution >= 0.6 is 11.3 Å². The zero-order valence-corrected chi connectivity index (χ0v) is 10.4. The monoisotopic (exact) mass is 269 g/mol. The van der Waals surface area contributed by atoms with E-state index in [0.29, 0.717) is 6.54 Å². The Balaban J connectivity index is 1.93. The first kappa shape index (κ1) is 13.1. The lowest BCUT2D eigenvalue weighted by atomic mass is 10.1. The van der Waals surface area contributed by atoms with E-state index >= 15 is 0 Å². The molecule has 0 saturated carbocycles. The second-order valence-electron chi connectivity index (χ2n) is 3.91. The average molecular weight is 269 g/mol. The number of nitrogens with one attached hydrogen (secondary N) is 1. The van der Waals surface area contributed by atoms with Gasteiger partial charge in [0.15, 0.2) is 0 Å². The third kappa shape index (κ3) is 3.13. The third-order valence-electron chi connectivity index (χ3n) is 2.58. The van der Waals surface area contributed by atoms with Crippen LogP contribution in [0.2, 0.25) is 0 Å². The Hall–Kier alpha value is -1.30. The maximum Gasteiger partial charge on any atom is 0.131 e. The molecule has 2 rings (SSSR count). The molecule has 2 nitrogen and oxygen atoms in total. The first-order chi connectivity index (χ1) is 8.68. The van der Waals surface area contributed by atoms with Crippen molar-refractivity contribution in [2.45, 2.75) is 12.6 Å². The number of aliphatic hydroxyl groups excluding tert-OH is 1. The number of rotatable bonds is 5. The van der Waals surface area contributed by atoms with E-state index in [4.69, 9.17) is 0 Å². The minimum absolute atomic E-state index is 0.105. The van der Waals surface area contributed by atoms with Crippen LogP contribution in [0.25, 0.3) is 0 Å². The molecule has 5 heteroatoms. The molecule has 0 aliphatic rings. The van der Waals surface area contributed by atoms with Crippen LogP contribution in [0.1, 0.15) is 17.2 Å². The highest BCUT2D eigenvalue weighted by Crippen LogP contribution is 2.20. The van der Waals surface area contributed by atoms with Gasteiger partial charge in [0.1, 0.15) is 11.6 Å². The molecule has 0 aliphatic heterocycles. The van der Waals surface area contributed by atoms with E-state index < -0.39 is 17.7 Å². The summed E-state index contributed by atoms with van der Waals surface area (Å²) in [4.78, 5) is 0. The fourth-order valence-corrected chi connectivity index (χ4v) is 2.35. The van der Waals surface area contributed by atoms with E-state index in [1.165, 1.54) is 6.07 Å².